The second kappa shape index (κ2) is 47.2. The van der Waals surface area contributed by atoms with E-state index in [2.05, 4.69) is 64.9 Å². The van der Waals surface area contributed by atoms with Crippen molar-refractivity contribution >= 4 is 53.4 Å². The number of carbonyl (C=O) groups excluding carboxylic acids is 8. The number of benzene rings is 2. The van der Waals surface area contributed by atoms with Crippen LogP contribution in [0.15, 0.2) is 48.5 Å². The molecule has 26 nitrogen and oxygen atoms in total. The van der Waals surface area contributed by atoms with E-state index < -0.39 is 35.3 Å². The fourth-order valence-electron chi connectivity index (χ4n) is 8.24. The molecule has 0 aliphatic rings. The number of hydrogen-bond acceptors (Lipinski definition) is 19. The SMILES string of the molecule is C[C@@H](C[C@H](Cc1ccc(O)c(NC(=O)CCCNC(=O)[C@H](CCCCNC(=O)CCOCCOCCOCCC(=O)NCCOCCOCCC(=O)NCCOCCOCCC(=O)OC(C)(C)C)NC(=O)OCc2ccccc2)c1)NC(=O)OC(C)(C)C)C(C)(C)C. The van der Waals surface area contributed by atoms with Crippen LogP contribution in [0.3, 0.4) is 0 Å². The van der Waals surface area contributed by atoms with Gasteiger partial charge in [-0.3, -0.25) is 28.8 Å². The molecule has 8 N–H and O–H groups in total. The molecule has 0 saturated carbocycles. The Labute approximate surface area is 544 Å². The lowest BCUT2D eigenvalue weighted by Gasteiger charge is -2.32. The van der Waals surface area contributed by atoms with Crippen LogP contribution in [-0.4, -0.2) is 195 Å². The molecule has 26 heteroatoms. The first-order valence-corrected chi connectivity index (χ1v) is 32.1. The van der Waals surface area contributed by atoms with Crippen molar-refractivity contribution in [3.8, 4) is 5.75 Å². The van der Waals surface area contributed by atoms with Gasteiger partial charge in [0.15, 0.2) is 0 Å². The summed E-state index contributed by atoms with van der Waals surface area (Å²) >= 11 is 0. The summed E-state index contributed by atoms with van der Waals surface area (Å²) in [6, 6.07) is 12.8. The second-order valence-electron chi connectivity index (χ2n) is 25.0. The number of hydrogen-bond donors (Lipinski definition) is 8. The topological polar surface area (TPSA) is 333 Å². The maximum Gasteiger partial charge on any atom is 0.408 e. The molecule has 2 rings (SSSR count). The summed E-state index contributed by atoms with van der Waals surface area (Å²) < 4.78 is 54.3. The molecule has 0 bridgehead atoms. The molecule has 0 fully saturated rings. The predicted molar refractivity (Wildman–Crippen MR) is 346 cm³/mol. The van der Waals surface area contributed by atoms with Gasteiger partial charge >= 0.3 is 18.2 Å². The Morgan fingerprint density at radius 2 is 0.967 bits per heavy atom. The molecule has 522 valence electrons. The van der Waals surface area contributed by atoms with E-state index in [0.29, 0.717) is 98.2 Å². The zero-order chi connectivity index (χ0) is 68.1. The number of anilines is 1. The van der Waals surface area contributed by atoms with Crippen molar-refractivity contribution in [3.63, 3.8) is 0 Å². The first kappa shape index (κ1) is 81.4. The van der Waals surface area contributed by atoms with E-state index in [1.54, 1.807) is 32.9 Å². The first-order chi connectivity index (χ1) is 43.7. The molecule has 0 saturated heterocycles. The highest BCUT2D eigenvalue weighted by Crippen LogP contribution is 2.31. The average Bonchev–Trinajstić information content (AvgIpc) is 0.992. The van der Waals surface area contributed by atoms with Crippen molar-refractivity contribution in [2.45, 2.75) is 170 Å². The van der Waals surface area contributed by atoms with E-state index in [4.69, 9.17) is 47.4 Å². The molecule has 92 heavy (non-hydrogen) atoms. The summed E-state index contributed by atoms with van der Waals surface area (Å²) in [7, 11) is 0. The summed E-state index contributed by atoms with van der Waals surface area (Å²) in [5.41, 5.74) is 0.564. The van der Waals surface area contributed by atoms with Gasteiger partial charge in [0.05, 0.1) is 105 Å². The zero-order valence-corrected chi connectivity index (χ0v) is 56.4. The molecule has 2 aromatic carbocycles. The van der Waals surface area contributed by atoms with Crippen LogP contribution in [-0.2, 0) is 89.2 Å². The maximum absolute atomic E-state index is 13.4. The third-order valence-electron chi connectivity index (χ3n) is 13.5. The van der Waals surface area contributed by atoms with Crippen molar-refractivity contribution in [2.24, 2.45) is 11.3 Å². The van der Waals surface area contributed by atoms with Gasteiger partial charge in [-0.15, -0.1) is 0 Å². The van der Waals surface area contributed by atoms with Crippen molar-refractivity contribution in [3.05, 3.63) is 59.7 Å². The Bertz CT molecular complexity index is 2430. The summed E-state index contributed by atoms with van der Waals surface area (Å²) in [6.45, 7) is 24.5. The van der Waals surface area contributed by atoms with Crippen molar-refractivity contribution in [1.82, 2.24) is 31.9 Å². The Hall–Kier alpha value is -6.68. The van der Waals surface area contributed by atoms with E-state index >= 15 is 0 Å². The highest BCUT2D eigenvalue weighted by atomic mass is 16.6. The van der Waals surface area contributed by atoms with Gasteiger partial charge in [0.1, 0.15) is 29.6 Å². The molecule has 0 spiro atoms. The van der Waals surface area contributed by atoms with Crippen molar-refractivity contribution in [2.75, 3.05) is 124 Å². The summed E-state index contributed by atoms with van der Waals surface area (Å²) in [5.74, 6) is -1.59. The van der Waals surface area contributed by atoms with Crippen LogP contribution in [0.2, 0.25) is 0 Å². The molecule has 0 heterocycles. The van der Waals surface area contributed by atoms with E-state index in [-0.39, 0.29) is 156 Å². The number of nitrogens with one attached hydrogen (secondary N) is 7. The zero-order valence-electron chi connectivity index (χ0n) is 56.4. The first-order valence-electron chi connectivity index (χ1n) is 32.1. The minimum atomic E-state index is -0.959. The lowest BCUT2D eigenvalue weighted by Crippen LogP contribution is -2.47. The molecular weight excluding hydrogens is 1190 g/mol. The van der Waals surface area contributed by atoms with Gasteiger partial charge < -0.3 is 89.7 Å². The van der Waals surface area contributed by atoms with Gasteiger partial charge in [-0.1, -0.05) is 64.1 Å². The van der Waals surface area contributed by atoms with Gasteiger partial charge in [0, 0.05) is 57.9 Å². The quantitative estimate of drug-likeness (QED) is 0.0150. The Morgan fingerprint density at radius 3 is 1.49 bits per heavy atom. The number of unbranched alkanes of at least 4 members (excludes halogenated alkanes) is 1. The summed E-state index contributed by atoms with van der Waals surface area (Å²) in [4.78, 5) is 100. The van der Waals surface area contributed by atoms with Crippen LogP contribution < -0.4 is 37.2 Å². The average molecular weight is 1300 g/mol. The van der Waals surface area contributed by atoms with Crippen LogP contribution in [0.4, 0.5) is 15.3 Å². The minimum absolute atomic E-state index is 0.00440. The third kappa shape index (κ3) is 44.8. The number of ether oxygens (including phenoxy) is 10. The van der Waals surface area contributed by atoms with Crippen LogP contribution in [0.5, 0.6) is 5.75 Å². The van der Waals surface area contributed by atoms with Crippen molar-refractivity contribution in [1.29, 1.82) is 0 Å². The van der Waals surface area contributed by atoms with Crippen LogP contribution in [0, 0.1) is 11.3 Å². The van der Waals surface area contributed by atoms with Crippen molar-refractivity contribution < 1.29 is 90.8 Å². The molecule has 2 aromatic rings. The fourth-order valence-corrected chi connectivity index (χ4v) is 8.24. The van der Waals surface area contributed by atoms with Gasteiger partial charge in [0.2, 0.25) is 29.5 Å². The third-order valence-corrected chi connectivity index (χ3v) is 13.5. The monoisotopic (exact) mass is 1300 g/mol. The molecular formula is C66H109N7O19. The minimum Gasteiger partial charge on any atom is -0.506 e. The predicted octanol–water partition coefficient (Wildman–Crippen LogP) is 6.57. The number of esters is 1. The lowest BCUT2D eigenvalue weighted by atomic mass is 9.78. The number of phenolic OH excluding ortho intramolecular Hbond substituents is 1. The normalized spacial score (nSPS) is 12.6. The lowest BCUT2D eigenvalue weighted by molar-refractivity contribution is -0.156. The van der Waals surface area contributed by atoms with E-state index in [1.165, 1.54) is 6.07 Å². The standard InChI is InChI=1S/C66H109N7O19/c1-49(64(2,3)4)45-52(71-63(82)92-66(8,9)10)46-51-21-22-55(74)54(47-51)72-59(78)20-16-28-70-61(80)53(73-62(81)90-48-50-17-12-11-13-18-50)19-14-15-27-67-56(75)23-31-84-39-43-89-44-40-85-33-25-58(77)68-29-35-87-41-37-83-32-24-57(76)69-30-36-88-42-38-86-34-26-60(79)91-65(5,6)7/h11-13,17-18,21-22,47,49,52-53,74H,14-16,19-20,23-46,48H2,1-10H3,(H,67,75)(H,68,77)(H,69,76)(H,70,80)(H,71,82)(H,72,78)(H,73,81)/t49-,52+,53-/m0/s1. The summed E-state index contributed by atoms with van der Waals surface area (Å²) in [5, 5.41) is 30.3. The van der Waals surface area contributed by atoms with Gasteiger partial charge in [0.25, 0.3) is 0 Å². The molecule has 0 aliphatic heterocycles. The Balaban J connectivity index is 1.56. The Kier molecular flexibility index (Phi) is 41.8. The largest absolute Gasteiger partial charge is 0.506 e. The van der Waals surface area contributed by atoms with E-state index in [9.17, 15) is 43.5 Å². The number of phenols is 1. The van der Waals surface area contributed by atoms with Gasteiger partial charge in [-0.05, 0) is 115 Å². The van der Waals surface area contributed by atoms with E-state index in [0.717, 1.165) is 11.1 Å². The molecule has 0 aliphatic carbocycles. The van der Waals surface area contributed by atoms with Crippen LogP contribution in [0.1, 0.15) is 145 Å². The van der Waals surface area contributed by atoms with Crippen LogP contribution >= 0.6 is 0 Å². The number of amides is 7. The number of alkyl carbamates (subject to hydrolysis) is 2. The number of aromatic hydroxyl groups is 1. The highest BCUT2D eigenvalue weighted by molar-refractivity contribution is 5.92. The molecule has 7 amide bonds. The fraction of sp³-hybridized carbons (Fsp3) is 0.697. The summed E-state index contributed by atoms with van der Waals surface area (Å²) in [6.07, 6.45) is 1.97. The van der Waals surface area contributed by atoms with Crippen LogP contribution in [0.25, 0.3) is 0 Å². The van der Waals surface area contributed by atoms with E-state index in [1.807, 2.05) is 51.1 Å². The maximum atomic E-state index is 13.4. The number of carbonyl (C=O) groups is 8. The molecule has 0 radical (unpaired) electrons. The molecule has 3 atom stereocenters. The smallest absolute Gasteiger partial charge is 0.408 e. The Morgan fingerprint density at radius 1 is 0.478 bits per heavy atom. The van der Waals surface area contributed by atoms with Gasteiger partial charge in [-0.25, -0.2) is 9.59 Å². The molecule has 0 unspecified atom stereocenters. The van der Waals surface area contributed by atoms with Gasteiger partial charge in [-0.2, -0.15) is 0 Å². The second-order valence-corrected chi connectivity index (χ2v) is 25.0. The number of rotatable bonds is 49. The molecule has 0 aromatic heterocycles. The highest BCUT2D eigenvalue weighted by Gasteiger charge is 2.27.